The molecule has 0 aliphatic carbocycles. The zero-order chi connectivity index (χ0) is 15.6. The largest absolute Gasteiger partial charge is 0.452 e. The van der Waals surface area contributed by atoms with Gasteiger partial charge in [-0.25, -0.2) is 4.39 Å². The van der Waals surface area contributed by atoms with Crippen molar-refractivity contribution in [1.29, 1.82) is 0 Å². The first-order valence-electron chi connectivity index (χ1n) is 6.18. The molecule has 1 heterocycles. The average molecular weight is 366 g/mol. The molecule has 1 aromatic carbocycles. The molecule has 0 fully saturated rings. The van der Waals surface area contributed by atoms with Crippen molar-refractivity contribution in [3.05, 3.63) is 57.7 Å². The molecule has 2 nitrogen and oxygen atoms in total. The van der Waals surface area contributed by atoms with Crippen LogP contribution in [0.5, 0.6) is 0 Å². The summed E-state index contributed by atoms with van der Waals surface area (Å²) in [4.78, 5) is 0. The lowest BCUT2D eigenvalue weighted by molar-refractivity contribution is -0.140. The number of halogens is 5. The van der Waals surface area contributed by atoms with Gasteiger partial charge in [-0.2, -0.15) is 13.2 Å². The molecule has 7 heteroatoms. The van der Waals surface area contributed by atoms with Crippen molar-refractivity contribution in [3.8, 4) is 0 Å². The zero-order valence-corrected chi connectivity index (χ0v) is 12.6. The van der Waals surface area contributed by atoms with E-state index in [-0.39, 0.29) is 5.56 Å². The van der Waals surface area contributed by atoms with Crippen LogP contribution in [0.15, 0.2) is 39.4 Å². The first-order chi connectivity index (χ1) is 9.82. The third-order valence-corrected chi connectivity index (χ3v) is 3.34. The van der Waals surface area contributed by atoms with Crippen molar-refractivity contribution in [1.82, 2.24) is 5.32 Å². The molecule has 2 rings (SSSR count). The Labute approximate surface area is 127 Å². The normalized spacial score (nSPS) is 13.4. The summed E-state index contributed by atoms with van der Waals surface area (Å²) < 4.78 is 57.6. The van der Waals surface area contributed by atoms with Gasteiger partial charge in [-0.3, -0.25) is 0 Å². The van der Waals surface area contributed by atoms with Gasteiger partial charge in [0.25, 0.3) is 0 Å². The highest BCUT2D eigenvalue weighted by molar-refractivity contribution is 9.10. The summed E-state index contributed by atoms with van der Waals surface area (Å²) in [6.45, 7) is 2.33. The summed E-state index contributed by atoms with van der Waals surface area (Å²) in [5, 5.41) is 3.02. The minimum Gasteiger partial charge on any atom is -0.452 e. The Morgan fingerprint density at radius 3 is 2.48 bits per heavy atom. The molecule has 0 saturated heterocycles. The van der Waals surface area contributed by atoms with E-state index in [1.807, 2.05) is 6.92 Å². The highest BCUT2D eigenvalue weighted by atomic mass is 79.9. The number of hydrogen-bond acceptors (Lipinski definition) is 2. The third kappa shape index (κ3) is 3.65. The van der Waals surface area contributed by atoms with Gasteiger partial charge in [0.2, 0.25) is 0 Å². The first-order valence-corrected chi connectivity index (χ1v) is 6.97. The van der Waals surface area contributed by atoms with Crippen molar-refractivity contribution in [3.63, 3.8) is 0 Å². The van der Waals surface area contributed by atoms with Crippen molar-refractivity contribution in [2.75, 3.05) is 6.54 Å². The molecule has 0 spiro atoms. The minimum absolute atomic E-state index is 0.285. The quantitative estimate of drug-likeness (QED) is 0.779. The fourth-order valence-corrected chi connectivity index (χ4v) is 2.33. The molecule has 2 aromatic rings. The number of rotatable bonds is 4. The maximum Gasteiger partial charge on any atom is 0.419 e. The van der Waals surface area contributed by atoms with Gasteiger partial charge < -0.3 is 9.73 Å². The average Bonchev–Trinajstić information content (AvgIpc) is 2.82. The van der Waals surface area contributed by atoms with E-state index in [9.17, 15) is 17.6 Å². The molecule has 1 unspecified atom stereocenters. The highest BCUT2D eigenvalue weighted by Gasteiger charge is 2.35. The zero-order valence-electron chi connectivity index (χ0n) is 11.0. The third-order valence-electron chi connectivity index (χ3n) is 2.92. The standard InChI is InChI=1S/C14H12BrF4NO/c1-2-20-13(11-5-6-12(15)21-11)8-3-4-10(16)9(7-8)14(17,18)19/h3-7,13,20H,2H2,1H3. The van der Waals surface area contributed by atoms with Crippen molar-refractivity contribution >= 4 is 15.9 Å². The number of nitrogens with one attached hydrogen (secondary N) is 1. The molecule has 0 bridgehead atoms. The summed E-state index contributed by atoms with van der Waals surface area (Å²) in [5.74, 6) is -0.842. The number of alkyl halides is 3. The highest BCUT2D eigenvalue weighted by Crippen LogP contribution is 2.34. The van der Waals surface area contributed by atoms with E-state index in [0.29, 0.717) is 17.0 Å². The fraction of sp³-hybridized carbons (Fsp3) is 0.286. The first kappa shape index (κ1) is 16.0. The summed E-state index contributed by atoms with van der Waals surface area (Å²) >= 11 is 3.15. The van der Waals surface area contributed by atoms with Gasteiger partial charge in [0.1, 0.15) is 11.6 Å². The fourth-order valence-electron chi connectivity index (χ4n) is 2.01. The molecule has 0 aliphatic heterocycles. The molecule has 0 saturated carbocycles. The summed E-state index contributed by atoms with van der Waals surface area (Å²) in [6.07, 6.45) is -4.74. The van der Waals surface area contributed by atoms with Gasteiger partial charge >= 0.3 is 6.18 Å². The molecule has 1 atom stereocenters. The maximum absolute atomic E-state index is 13.4. The van der Waals surface area contributed by atoms with E-state index in [4.69, 9.17) is 4.42 Å². The van der Waals surface area contributed by atoms with Crippen LogP contribution in [-0.2, 0) is 6.18 Å². The van der Waals surface area contributed by atoms with Gasteiger partial charge in [-0.15, -0.1) is 0 Å². The van der Waals surface area contributed by atoms with Gasteiger partial charge in [-0.05, 0) is 52.3 Å². The molecular formula is C14H12BrF4NO. The van der Waals surface area contributed by atoms with Crippen molar-refractivity contribution in [2.24, 2.45) is 0 Å². The van der Waals surface area contributed by atoms with E-state index in [1.54, 1.807) is 12.1 Å². The predicted molar refractivity (Wildman–Crippen MR) is 73.3 cm³/mol. The predicted octanol–water partition coefficient (Wildman–Crippen LogP) is 4.90. The summed E-state index contributed by atoms with van der Waals surface area (Å²) in [6, 6.07) is 5.65. The number of hydrogen-bond donors (Lipinski definition) is 1. The van der Waals surface area contributed by atoms with Crippen molar-refractivity contribution in [2.45, 2.75) is 19.1 Å². The number of benzene rings is 1. The molecular weight excluding hydrogens is 354 g/mol. The van der Waals surface area contributed by atoms with Crippen LogP contribution in [0.3, 0.4) is 0 Å². The van der Waals surface area contributed by atoms with E-state index in [1.165, 1.54) is 6.07 Å². The smallest absolute Gasteiger partial charge is 0.419 e. The van der Waals surface area contributed by atoms with E-state index >= 15 is 0 Å². The topological polar surface area (TPSA) is 25.2 Å². The maximum atomic E-state index is 13.4. The van der Waals surface area contributed by atoms with Crippen LogP contribution in [0.25, 0.3) is 0 Å². The Morgan fingerprint density at radius 2 is 1.95 bits per heavy atom. The van der Waals surface area contributed by atoms with Gasteiger partial charge in [0.05, 0.1) is 11.6 Å². The Hall–Kier alpha value is -1.34. The Bertz CT molecular complexity index is 624. The minimum atomic E-state index is -4.74. The van der Waals surface area contributed by atoms with Crippen LogP contribution >= 0.6 is 15.9 Å². The summed E-state index contributed by atoms with van der Waals surface area (Å²) in [7, 11) is 0. The van der Waals surface area contributed by atoms with E-state index < -0.39 is 23.6 Å². The monoisotopic (exact) mass is 365 g/mol. The molecule has 21 heavy (non-hydrogen) atoms. The second-order valence-corrected chi connectivity index (χ2v) is 5.15. The Kier molecular flexibility index (Phi) is 4.73. The lowest BCUT2D eigenvalue weighted by Gasteiger charge is -2.18. The van der Waals surface area contributed by atoms with Crippen LogP contribution in [0.2, 0.25) is 0 Å². The number of furan rings is 1. The molecule has 0 aliphatic rings. The van der Waals surface area contributed by atoms with Crippen LogP contribution < -0.4 is 5.32 Å². The Morgan fingerprint density at radius 1 is 1.24 bits per heavy atom. The molecule has 1 N–H and O–H groups in total. The van der Waals surface area contributed by atoms with E-state index in [0.717, 1.165) is 12.1 Å². The van der Waals surface area contributed by atoms with E-state index in [2.05, 4.69) is 21.2 Å². The second-order valence-electron chi connectivity index (χ2n) is 4.37. The van der Waals surface area contributed by atoms with Crippen LogP contribution in [0.1, 0.15) is 29.9 Å². The molecule has 114 valence electrons. The lowest BCUT2D eigenvalue weighted by Crippen LogP contribution is -2.22. The van der Waals surface area contributed by atoms with Gasteiger partial charge in [0, 0.05) is 0 Å². The summed E-state index contributed by atoms with van der Waals surface area (Å²) in [5.41, 5.74) is -0.999. The Balaban J connectivity index is 2.46. The second kappa shape index (κ2) is 6.19. The molecule has 0 amide bonds. The van der Waals surface area contributed by atoms with Gasteiger partial charge in [0.15, 0.2) is 4.67 Å². The van der Waals surface area contributed by atoms with Crippen LogP contribution in [0, 0.1) is 5.82 Å². The van der Waals surface area contributed by atoms with Crippen LogP contribution in [-0.4, -0.2) is 6.54 Å². The SMILES string of the molecule is CCNC(c1ccc(F)c(C(F)(F)F)c1)c1ccc(Br)o1. The molecule has 1 aromatic heterocycles. The molecule has 0 radical (unpaired) electrons. The lowest BCUT2D eigenvalue weighted by atomic mass is 10.0. The van der Waals surface area contributed by atoms with Crippen molar-refractivity contribution < 1.29 is 22.0 Å². The van der Waals surface area contributed by atoms with Crippen LogP contribution in [0.4, 0.5) is 17.6 Å². The van der Waals surface area contributed by atoms with Gasteiger partial charge in [-0.1, -0.05) is 13.0 Å².